The van der Waals surface area contributed by atoms with Gasteiger partial charge in [0.2, 0.25) is 5.91 Å². The number of aromatic nitrogens is 3. The van der Waals surface area contributed by atoms with E-state index in [2.05, 4.69) is 20.1 Å². The molecule has 0 radical (unpaired) electrons. The Hall–Kier alpha value is -2.61. The first-order chi connectivity index (χ1) is 11.6. The Kier molecular flexibility index (Phi) is 4.66. The highest BCUT2D eigenvalue weighted by Gasteiger charge is 2.35. The number of halogens is 1. The summed E-state index contributed by atoms with van der Waals surface area (Å²) >= 11 is 6.12. The average Bonchev–Trinajstić information content (AvgIpc) is 3.18. The van der Waals surface area contributed by atoms with Crippen LogP contribution in [-0.2, 0) is 11.3 Å². The molecule has 124 valence electrons. The van der Waals surface area contributed by atoms with E-state index in [4.69, 9.17) is 22.9 Å². The molecule has 10 heteroatoms. The quantitative estimate of drug-likeness (QED) is 0.501. The fourth-order valence-corrected chi connectivity index (χ4v) is 3.16. The van der Waals surface area contributed by atoms with Gasteiger partial charge in [-0.15, -0.1) is 0 Å². The summed E-state index contributed by atoms with van der Waals surface area (Å²) in [7, 11) is 0. The Labute approximate surface area is 142 Å². The van der Waals surface area contributed by atoms with Crippen molar-refractivity contribution in [1.29, 1.82) is 0 Å². The summed E-state index contributed by atoms with van der Waals surface area (Å²) in [6, 6.07) is 4.66. The molecule has 1 amide bonds. The molecule has 2 aromatic rings. The molecule has 1 aromatic heterocycles. The van der Waals surface area contributed by atoms with Gasteiger partial charge in [-0.2, -0.15) is 5.10 Å². The Balaban J connectivity index is 1.91. The lowest BCUT2D eigenvalue weighted by Gasteiger charge is -2.23. The maximum absolute atomic E-state index is 11.7. The zero-order valence-corrected chi connectivity index (χ0v) is 13.4. The monoisotopic (exact) mass is 346 g/mol. The summed E-state index contributed by atoms with van der Waals surface area (Å²) in [6.07, 6.45) is 3.45. The molecule has 9 nitrogen and oxygen atoms in total. The number of primary amides is 1. The minimum atomic E-state index is -0.483. The van der Waals surface area contributed by atoms with Crippen molar-refractivity contribution < 1.29 is 4.79 Å². The number of carbonyl (C=O) groups is 1. The van der Waals surface area contributed by atoms with Crippen LogP contribution in [-0.4, -0.2) is 44.2 Å². The first kappa shape index (κ1) is 16.3. The van der Waals surface area contributed by atoms with Gasteiger partial charge in [0.05, 0.1) is 17.8 Å². The second-order valence-electron chi connectivity index (χ2n) is 5.56. The predicted octanol–water partition coefficient (Wildman–Crippen LogP) is 1.66. The van der Waals surface area contributed by atoms with Gasteiger partial charge in [0.1, 0.15) is 12.7 Å². The number of nitrogens with two attached hydrogens (primary N) is 1. The Morgan fingerprint density at radius 1 is 1.54 bits per heavy atom. The van der Waals surface area contributed by atoms with Gasteiger partial charge >= 0.3 is 0 Å². The van der Waals surface area contributed by atoms with Crippen molar-refractivity contribution in [2.24, 2.45) is 10.8 Å². The number of azide groups is 1. The third kappa shape index (κ3) is 3.33. The van der Waals surface area contributed by atoms with Gasteiger partial charge in [0.15, 0.2) is 0 Å². The lowest BCUT2D eigenvalue weighted by atomic mass is 10.1. The molecular weight excluding hydrogens is 332 g/mol. The highest BCUT2D eigenvalue weighted by molar-refractivity contribution is 6.30. The van der Waals surface area contributed by atoms with Gasteiger partial charge in [-0.25, -0.2) is 9.67 Å². The van der Waals surface area contributed by atoms with Crippen molar-refractivity contribution in [3.8, 4) is 5.69 Å². The van der Waals surface area contributed by atoms with Crippen LogP contribution in [0.4, 0.5) is 0 Å². The van der Waals surface area contributed by atoms with E-state index in [1.807, 2.05) is 17.0 Å². The zero-order valence-electron chi connectivity index (χ0n) is 12.7. The standard InChI is InChI=1S/C14H15ClN8O/c15-10-1-2-12(23-8-18-7-19-23)9(3-10)5-22-6-11(20-21-17)4-13(22)14(16)24/h1-3,7-8,11,13H,4-6H2,(H2,16,24)/t11-,13-/m0/s1. The van der Waals surface area contributed by atoms with E-state index in [9.17, 15) is 4.79 Å². The van der Waals surface area contributed by atoms with E-state index in [1.54, 1.807) is 17.1 Å². The number of rotatable bonds is 5. The van der Waals surface area contributed by atoms with Gasteiger partial charge in [-0.3, -0.25) is 9.69 Å². The molecule has 0 spiro atoms. The van der Waals surface area contributed by atoms with Crippen molar-refractivity contribution in [2.45, 2.75) is 25.0 Å². The van der Waals surface area contributed by atoms with Gasteiger partial charge in [-0.1, -0.05) is 16.7 Å². The molecule has 1 aliphatic heterocycles. The van der Waals surface area contributed by atoms with Crippen molar-refractivity contribution in [3.63, 3.8) is 0 Å². The molecule has 2 atom stereocenters. The van der Waals surface area contributed by atoms with E-state index in [-0.39, 0.29) is 6.04 Å². The van der Waals surface area contributed by atoms with Gasteiger partial charge < -0.3 is 5.73 Å². The molecule has 0 bridgehead atoms. The highest BCUT2D eigenvalue weighted by Crippen LogP contribution is 2.26. The van der Waals surface area contributed by atoms with Crippen LogP contribution in [0.2, 0.25) is 5.02 Å². The van der Waals surface area contributed by atoms with Crippen molar-refractivity contribution in [1.82, 2.24) is 19.7 Å². The summed E-state index contributed by atoms with van der Waals surface area (Å²) in [4.78, 5) is 20.4. The fraction of sp³-hybridized carbons (Fsp3) is 0.357. The first-order valence-corrected chi connectivity index (χ1v) is 7.67. The number of likely N-dealkylation sites (tertiary alicyclic amines) is 1. The maximum atomic E-state index is 11.7. The molecule has 2 N–H and O–H groups in total. The molecule has 3 rings (SSSR count). The van der Waals surface area contributed by atoms with Crippen LogP contribution < -0.4 is 5.73 Å². The summed E-state index contributed by atoms with van der Waals surface area (Å²) in [5.74, 6) is -0.435. The molecule has 1 aromatic carbocycles. The molecule has 1 saturated heterocycles. The normalized spacial score (nSPS) is 20.7. The number of benzene rings is 1. The summed E-state index contributed by atoms with van der Waals surface area (Å²) in [6.45, 7) is 0.891. The molecule has 1 fully saturated rings. The smallest absolute Gasteiger partial charge is 0.234 e. The SMILES string of the molecule is [N-]=[N+]=N[C@H]1C[C@@H](C(N)=O)N(Cc2cc(Cl)ccc2-n2cncn2)C1. The highest BCUT2D eigenvalue weighted by atomic mass is 35.5. The van der Waals surface area contributed by atoms with Crippen LogP contribution in [0.15, 0.2) is 36.0 Å². The summed E-state index contributed by atoms with van der Waals surface area (Å²) < 4.78 is 1.63. The zero-order chi connectivity index (χ0) is 17.1. The van der Waals surface area contributed by atoms with Crippen LogP contribution in [0.3, 0.4) is 0 Å². The molecule has 0 unspecified atom stereocenters. The van der Waals surface area contributed by atoms with Crippen molar-refractivity contribution >= 4 is 17.5 Å². The van der Waals surface area contributed by atoms with Crippen LogP contribution >= 0.6 is 11.6 Å². The minimum Gasteiger partial charge on any atom is -0.368 e. The number of amides is 1. The summed E-state index contributed by atoms with van der Waals surface area (Å²) in [5.41, 5.74) is 15.8. The topological polar surface area (TPSA) is 126 Å². The Bertz CT molecular complexity index is 786. The lowest BCUT2D eigenvalue weighted by Crippen LogP contribution is -2.39. The molecule has 0 saturated carbocycles. The molecular formula is C14H15ClN8O. The second kappa shape index (κ2) is 6.88. The molecule has 1 aliphatic rings. The van der Waals surface area contributed by atoms with E-state index in [0.717, 1.165) is 11.3 Å². The largest absolute Gasteiger partial charge is 0.368 e. The van der Waals surface area contributed by atoms with E-state index in [1.165, 1.54) is 6.33 Å². The lowest BCUT2D eigenvalue weighted by molar-refractivity contribution is -0.122. The number of hydrogen-bond donors (Lipinski definition) is 1. The van der Waals surface area contributed by atoms with E-state index in [0.29, 0.717) is 24.5 Å². The predicted molar refractivity (Wildman–Crippen MR) is 87.3 cm³/mol. The van der Waals surface area contributed by atoms with Crippen LogP contribution in [0, 0.1) is 0 Å². The molecule has 2 heterocycles. The second-order valence-corrected chi connectivity index (χ2v) is 5.99. The van der Waals surface area contributed by atoms with Crippen LogP contribution in [0.5, 0.6) is 0 Å². The van der Waals surface area contributed by atoms with E-state index < -0.39 is 11.9 Å². The van der Waals surface area contributed by atoms with E-state index >= 15 is 0 Å². The Morgan fingerprint density at radius 3 is 3.04 bits per heavy atom. The maximum Gasteiger partial charge on any atom is 0.234 e. The number of hydrogen-bond acceptors (Lipinski definition) is 5. The van der Waals surface area contributed by atoms with Crippen LogP contribution in [0.1, 0.15) is 12.0 Å². The third-order valence-electron chi connectivity index (χ3n) is 4.01. The van der Waals surface area contributed by atoms with Gasteiger partial charge in [-0.05, 0) is 35.7 Å². The van der Waals surface area contributed by atoms with Crippen molar-refractivity contribution in [2.75, 3.05) is 6.54 Å². The minimum absolute atomic E-state index is 0.276. The Morgan fingerprint density at radius 2 is 2.38 bits per heavy atom. The molecule has 0 aliphatic carbocycles. The van der Waals surface area contributed by atoms with Gasteiger partial charge in [0, 0.05) is 23.0 Å². The van der Waals surface area contributed by atoms with Gasteiger partial charge in [0.25, 0.3) is 0 Å². The summed E-state index contributed by atoms with van der Waals surface area (Å²) in [5, 5.41) is 8.43. The number of carbonyl (C=O) groups excluding carboxylic acids is 1. The average molecular weight is 347 g/mol. The van der Waals surface area contributed by atoms with Crippen LogP contribution in [0.25, 0.3) is 16.1 Å². The molecule has 24 heavy (non-hydrogen) atoms. The number of nitrogens with zero attached hydrogens (tertiary/aromatic N) is 7. The fourth-order valence-electron chi connectivity index (χ4n) is 2.96. The first-order valence-electron chi connectivity index (χ1n) is 7.29. The third-order valence-corrected chi connectivity index (χ3v) is 4.24. The van der Waals surface area contributed by atoms with Crippen molar-refractivity contribution in [3.05, 3.63) is 51.9 Å².